The van der Waals surface area contributed by atoms with Gasteiger partial charge in [-0.1, -0.05) is 20.3 Å². The second-order valence-corrected chi connectivity index (χ2v) is 4.80. The van der Waals surface area contributed by atoms with Crippen LogP contribution in [0, 0.1) is 0 Å². The van der Waals surface area contributed by atoms with E-state index in [-0.39, 0.29) is 25.4 Å². The monoisotopic (exact) mass is 306 g/mol. The fraction of sp³-hybridized carbons (Fsp3) is 0.933. The first-order chi connectivity index (χ1) is 10.1. The zero-order valence-electron chi connectivity index (χ0n) is 13.8. The van der Waals surface area contributed by atoms with E-state index in [2.05, 4.69) is 13.8 Å². The largest absolute Gasteiger partial charge is 0.508 e. The Morgan fingerprint density at radius 1 is 1.00 bits per heavy atom. The van der Waals surface area contributed by atoms with Crippen LogP contribution in [0.15, 0.2) is 0 Å². The van der Waals surface area contributed by atoms with Gasteiger partial charge in [-0.05, 0) is 19.8 Å². The highest BCUT2D eigenvalue weighted by Gasteiger charge is 2.12. The number of methoxy groups -OCH3 is 1. The quantitative estimate of drug-likeness (QED) is 0.385. The van der Waals surface area contributed by atoms with Crippen molar-refractivity contribution in [2.75, 3.05) is 40.1 Å². The Labute approximate surface area is 128 Å². The first-order valence-electron chi connectivity index (χ1n) is 7.65. The third-order valence-electron chi connectivity index (χ3n) is 2.82. The van der Waals surface area contributed by atoms with Crippen LogP contribution in [-0.2, 0) is 23.7 Å². The van der Waals surface area contributed by atoms with Gasteiger partial charge in [-0.2, -0.15) is 0 Å². The maximum Gasteiger partial charge on any atom is 0.508 e. The SMILES string of the molecule is CCCCOC(CC)COC(C)COC(=O)OCCOC. The average molecular weight is 306 g/mol. The summed E-state index contributed by atoms with van der Waals surface area (Å²) in [5.74, 6) is 0. The molecule has 0 aliphatic rings. The summed E-state index contributed by atoms with van der Waals surface area (Å²) in [5.41, 5.74) is 0. The first-order valence-corrected chi connectivity index (χ1v) is 7.65. The normalized spacial score (nSPS) is 13.7. The van der Waals surface area contributed by atoms with Gasteiger partial charge in [0.05, 0.1) is 25.4 Å². The molecular weight excluding hydrogens is 276 g/mol. The van der Waals surface area contributed by atoms with Crippen molar-refractivity contribution in [2.45, 2.75) is 52.2 Å². The molecule has 0 bridgehead atoms. The highest BCUT2D eigenvalue weighted by Crippen LogP contribution is 2.04. The molecule has 6 nitrogen and oxygen atoms in total. The van der Waals surface area contributed by atoms with E-state index < -0.39 is 6.16 Å². The van der Waals surface area contributed by atoms with Gasteiger partial charge in [0.15, 0.2) is 0 Å². The number of carbonyl (C=O) groups is 1. The van der Waals surface area contributed by atoms with Crippen LogP contribution >= 0.6 is 0 Å². The third-order valence-corrected chi connectivity index (χ3v) is 2.82. The minimum absolute atomic E-state index is 0.0904. The second-order valence-electron chi connectivity index (χ2n) is 4.80. The van der Waals surface area contributed by atoms with Crippen LogP contribution in [0.4, 0.5) is 4.79 Å². The Morgan fingerprint density at radius 3 is 2.38 bits per heavy atom. The van der Waals surface area contributed by atoms with Crippen LogP contribution in [-0.4, -0.2) is 58.5 Å². The van der Waals surface area contributed by atoms with Gasteiger partial charge < -0.3 is 23.7 Å². The van der Waals surface area contributed by atoms with E-state index in [1.165, 1.54) is 7.11 Å². The predicted molar refractivity (Wildman–Crippen MR) is 79.5 cm³/mol. The first kappa shape index (κ1) is 20.1. The Kier molecular flexibility index (Phi) is 13.5. The van der Waals surface area contributed by atoms with Crippen LogP contribution in [0.25, 0.3) is 0 Å². The molecule has 0 amide bonds. The fourth-order valence-corrected chi connectivity index (χ4v) is 1.43. The van der Waals surface area contributed by atoms with Crippen molar-refractivity contribution in [2.24, 2.45) is 0 Å². The molecule has 0 saturated carbocycles. The molecule has 0 rings (SSSR count). The molecule has 0 fully saturated rings. The molecule has 0 aromatic carbocycles. The van der Waals surface area contributed by atoms with Crippen molar-refractivity contribution >= 4 is 6.16 Å². The van der Waals surface area contributed by atoms with Crippen LogP contribution in [0.3, 0.4) is 0 Å². The molecule has 2 unspecified atom stereocenters. The molecule has 0 aromatic rings. The van der Waals surface area contributed by atoms with Crippen LogP contribution < -0.4 is 0 Å². The molecule has 126 valence electrons. The predicted octanol–water partition coefficient (Wildman–Crippen LogP) is 2.79. The Bertz CT molecular complexity index is 246. The van der Waals surface area contributed by atoms with Gasteiger partial charge in [-0.25, -0.2) is 4.79 Å². The summed E-state index contributed by atoms with van der Waals surface area (Å²) in [6, 6.07) is 0. The van der Waals surface area contributed by atoms with E-state index in [1.54, 1.807) is 0 Å². The molecule has 0 heterocycles. The van der Waals surface area contributed by atoms with Crippen molar-refractivity contribution in [3.8, 4) is 0 Å². The van der Waals surface area contributed by atoms with E-state index >= 15 is 0 Å². The van der Waals surface area contributed by atoms with Crippen LogP contribution in [0.2, 0.25) is 0 Å². The van der Waals surface area contributed by atoms with Gasteiger partial charge in [0.2, 0.25) is 0 Å². The van der Waals surface area contributed by atoms with Gasteiger partial charge in [-0.3, -0.25) is 0 Å². The van der Waals surface area contributed by atoms with E-state index in [4.69, 9.17) is 23.7 Å². The second kappa shape index (κ2) is 14.1. The standard InChI is InChI=1S/C15H30O6/c1-5-7-8-18-14(6-2)12-20-13(3)11-21-15(16)19-10-9-17-4/h13-14H,5-12H2,1-4H3. The van der Waals surface area contributed by atoms with Crippen molar-refractivity contribution in [3.63, 3.8) is 0 Å². The molecule has 0 spiro atoms. The van der Waals surface area contributed by atoms with E-state index in [0.717, 1.165) is 25.9 Å². The summed E-state index contributed by atoms with van der Waals surface area (Å²) in [5, 5.41) is 0. The lowest BCUT2D eigenvalue weighted by atomic mass is 10.3. The van der Waals surface area contributed by atoms with Gasteiger partial charge in [-0.15, -0.1) is 0 Å². The zero-order valence-corrected chi connectivity index (χ0v) is 13.8. The van der Waals surface area contributed by atoms with E-state index in [1.807, 2.05) is 6.92 Å². The number of unbranched alkanes of at least 4 members (excludes halogenated alkanes) is 1. The van der Waals surface area contributed by atoms with E-state index in [0.29, 0.717) is 13.2 Å². The summed E-state index contributed by atoms with van der Waals surface area (Å²) in [6.07, 6.45) is 2.27. The summed E-state index contributed by atoms with van der Waals surface area (Å²) in [7, 11) is 1.54. The summed E-state index contributed by atoms with van der Waals surface area (Å²) in [4.78, 5) is 11.2. The van der Waals surface area contributed by atoms with Gasteiger partial charge in [0.25, 0.3) is 0 Å². The highest BCUT2D eigenvalue weighted by atomic mass is 16.7. The number of rotatable bonds is 13. The number of carbonyl (C=O) groups excluding carboxylic acids is 1. The summed E-state index contributed by atoms with van der Waals surface area (Å²) >= 11 is 0. The van der Waals surface area contributed by atoms with Gasteiger partial charge in [0.1, 0.15) is 13.2 Å². The molecule has 6 heteroatoms. The number of hydrogen-bond donors (Lipinski definition) is 0. The lowest BCUT2D eigenvalue weighted by Gasteiger charge is -2.19. The molecule has 0 radical (unpaired) electrons. The molecule has 0 aliphatic heterocycles. The van der Waals surface area contributed by atoms with Crippen molar-refractivity contribution in [1.29, 1.82) is 0 Å². The number of hydrogen-bond acceptors (Lipinski definition) is 6. The van der Waals surface area contributed by atoms with Crippen LogP contribution in [0.1, 0.15) is 40.0 Å². The smallest absolute Gasteiger partial charge is 0.432 e. The topological polar surface area (TPSA) is 63.2 Å². The molecule has 2 atom stereocenters. The maximum atomic E-state index is 11.2. The Balaban J connectivity index is 3.67. The number of ether oxygens (including phenoxy) is 5. The molecule has 0 N–H and O–H groups in total. The molecule has 0 aliphatic carbocycles. The average Bonchev–Trinajstić information content (AvgIpc) is 2.49. The third kappa shape index (κ3) is 12.6. The van der Waals surface area contributed by atoms with Crippen molar-refractivity contribution in [3.05, 3.63) is 0 Å². The minimum Gasteiger partial charge on any atom is -0.432 e. The Hall–Kier alpha value is -0.850. The van der Waals surface area contributed by atoms with Crippen molar-refractivity contribution in [1.82, 2.24) is 0 Å². The summed E-state index contributed by atoms with van der Waals surface area (Å²) in [6.45, 7) is 8.01. The van der Waals surface area contributed by atoms with E-state index in [9.17, 15) is 4.79 Å². The minimum atomic E-state index is -0.700. The van der Waals surface area contributed by atoms with Gasteiger partial charge >= 0.3 is 6.16 Å². The molecule has 0 saturated heterocycles. The maximum absolute atomic E-state index is 11.2. The lowest BCUT2D eigenvalue weighted by molar-refractivity contribution is -0.0616. The fourth-order valence-electron chi connectivity index (χ4n) is 1.43. The Morgan fingerprint density at radius 2 is 1.76 bits per heavy atom. The highest BCUT2D eigenvalue weighted by molar-refractivity contribution is 5.59. The summed E-state index contributed by atoms with van der Waals surface area (Å²) < 4.78 is 25.8. The van der Waals surface area contributed by atoms with Crippen LogP contribution in [0.5, 0.6) is 0 Å². The van der Waals surface area contributed by atoms with Crippen molar-refractivity contribution < 1.29 is 28.5 Å². The lowest BCUT2D eigenvalue weighted by Crippen LogP contribution is -2.26. The molecule has 21 heavy (non-hydrogen) atoms. The molecule has 0 aromatic heterocycles. The zero-order chi connectivity index (χ0) is 15.9. The molecular formula is C15H30O6. The van der Waals surface area contributed by atoms with Gasteiger partial charge in [0, 0.05) is 13.7 Å².